The molecule has 2 aromatic carbocycles. The molecule has 0 spiro atoms. The van der Waals surface area contributed by atoms with Crippen LogP contribution in [-0.2, 0) is 6.42 Å². The summed E-state index contributed by atoms with van der Waals surface area (Å²) >= 11 is 5.10. The van der Waals surface area contributed by atoms with Crippen LogP contribution in [0.1, 0.15) is 4.88 Å². The Hall–Kier alpha value is -2.58. The molecule has 0 atom stereocenters. The molecule has 3 heterocycles. The van der Waals surface area contributed by atoms with E-state index in [1.807, 2.05) is 24.3 Å². The maximum Gasteiger partial charge on any atom is 0.173 e. The molecular formula is C20H12BrF2N3OS. The lowest BCUT2D eigenvalue weighted by Crippen LogP contribution is -2.02. The molecule has 0 fully saturated rings. The largest absolute Gasteiger partial charge is 0.493 e. The quantitative estimate of drug-likeness (QED) is 0.389. The second kappa shape index (κ2) is 6.79. The Labute approximate surface area is 171 Å². The summed E-state index contributed by atoms with van der Waals surface area (Å²) in [4.78, 5) is 6.36. The van der Waals surface area contributed by atoms with Gasteiger partial charge < -0.3 is 4.74 Å². The summed E-state index contributed by atoms with van der Waals surface area (Å²) < 4.78 is 35.8. The van der Waals surface area contributed by atoms with Gasteiger partial charge in [0, 0.05) is 33.0 Å². The first-order chi connectivity index (χ1) is 13.6. The first-order valence-corrected chi connectivity index (χ1v) is 10.1. The molecule has 4 aromatic rings. The Balaban J connectivity index is 1.65. The van der Waals surface area contributed by atoms with Crippen molar-refractivity contribution in [3.8, 4) is 33.3 Å². The van der Waals surface area contributed by atoms with Crippen molar-refractivity contribution in [2.45, 2.75) is 6.42 Å². The number of benzene rings is 2. The van der Waals surface area contributed by atoms with Crippen LogP contribution in [0.4, 0.5) is 8.78 Å². The highest BCUT2D eigenvalue weighted by atomic mass is 79.9. The molecule has 1 aliphatic heterocycles. The number of hydrogen-bond acceptors (Lipinski definition) is 4. The van der Waals surface area contributed by atoms with Crippen molar-refractivity contribution in [1.82, 2.24) is 14.8 Å². The molecule has 2 aromatic heterocycles. The predicted octanol–water partition coefficient (Wildman–Crippen LogP) is 5.64. The van der Waals surface area contributed by atoms with Gasteiger partial charge in [0.2, 0.25) is 0 Å². The molecule has 0 aliphatic carbocycles. The van der Waals surface area contributed by atoms with E-state index < -0.39 is 11.6 Å². The molecule has 0 amide bonds. The molecule has 4 nitrogen and oxygen atoms in total. The average Bonchev–Trinajstić information content (AvgIpc) is 3.27. The van der Waals surface area contributed by atoms with Crippen LogP contribution in [0, 0.1) is 11.6 Å². The highest BCUT2D eigenvalue weighted by molar-refractivity contribution is 9.10. The Morgan fingerprint density at radius 1 is 1.07 bits per heavy atom. The fraction of sp³-hybridized carbons (Fsp3) is 0.100. The number of rotatable bonds is 2. The zero-order valence-corrected chi connectivity index (χ0v) is 16.7. The molecule has 0 unspecified atom stereocenters. The number of hydrogen-bond donors (Lipinski definition) is 0. The maximum absolute atomic E-state index is 14.3. The molecular weight excluding hydrogens is 448 g/mol. The molecule has 0 saturated carbocycles. The molecule has 0 radical (unpaired) electrons. The number of ether oxygens (including phenoxy) is 1. The highest BCUT2D eigenvalue weighted by Crippen LogP contribution is 2.43. The molecule has 0 N–H and O–H groups in total. The molecule has 1 aliphatic rings. The zero-order chi connectivity index (χ0) is 19.3. The van der Waals surface area contributed by atoms with Gasteiger partial charge in [-0.1, -0.05) is 15.9 Å². The third kappa shape index (κ3) is 2.93. The summed E-state index contributed by atoms with van der Waals surface area (Å²) in [5.41, 5.74) is 2.23. The Bertz CT molecular complexity index is 1200. The standard InChI is InChI=1S/C20H12BrF2N3OS/c21-11-1-4-17-13(7-11)14-9-19(28-18(14)5-6-27-17)20-24-10-25-26(20)16-3-2-12(22)8-15(16)23/h1-4,7-10H,5-6H2. The van der Waals surface area contributed by atoms with Crippen LogP contribution in [0.5, 0.6) is 5.75 Å². The van der Waals surface area contributed by atoms with Crippen LogP contribution in [0.25, 0.3) is 27.5 Å². The molecule has 8 heteroatoms. The van der Waals surface area contributed by atoms with Crippen LogP contribution in [0.3, 0.4) is 0 Å². The maximum atomic E-state index is 14.3. The van der Waals surface area contributed by atoms with E-state index in [2.05, 4.69) is 26.0 Å². The number of aromatic nitrogens is 3. The summed E-state index contributed by atoms with van der Waals surface area (Å²) in [5, 5.41) is 4.15. The predicted molar refractivity (Wildman–Crippen MR) is 107 cm³/mol. The average molecular weight is 460 g/mol. The van der Waals surface area contributed by atoms with Crippen molar-refractivity contribution >= 4 is 27.3 Å². The third-order valence-electron chi connectivity index (χ3n) is 4.53. The van der Waals surface area contributed by atoms with E-state index in [9.17, 15) is 8.78 Å². The molecule has 28 heavy (non-hydrogen) atoms. The molecule has 5 rings (SSSR count). The molecule has 0 bridgehead atoms. The topological polar surface area (TPSA) is 39.9 Å². The van der Waals surface area contributed by atoms with Crippen LogP contribution in [0.2, 0.25) is 0 Å². The second-order valence-corrected chi connectivity index (χ2v) is 8.33. The smallest absolute Gasteiger partial charge is 0.173 e. The van der Waals surface area contributed by atoms with E-state index in [1.54, 1.807) is 11.3 Å². The highest BCUT2D eigenvalue weighted by Gasteiger charge is 2.22. The van der Waals surface area contributed by atoms with E-state index in [0.717, 1.165) is 38.7 Å². The monoisotopic (exact) mass is 459 g/mol. The number of thiophene rings is 1. The minimum absolute atomic E-state index is 0.156. The van der Waals surface area contributed by atoms with Crippen molar-refractivity contribution < 1.29 is 13.5 Å². The van der Waals surface area contributed by atoms with E-state index in [-0.39, 0.29) is 5.69 Å². The van der Waals surface area contributed by atoms with Gasteiger partial charge in [0.15, 0.2) is 11.6 Å². The van der Waals surface area contributed by atoms with Gasteiger partial charge in [0.05, 0.1) is 11.5 Å². The van der Waals surface area contributed by atoms with Crippen LogP contribution in [0.15, 0.2) is 53.3 Å². The fourth-order valence-electron chi connectivity index (χ4n) is 3.28. The summed E-state index contributed by atoms with van der Waals surface area (Å²) in [5.74, 6) is 0.0267. The van der Waals surface area contributed by atoms with Crippen molar-refractivity contribution in [1.29, 1.82) is 0 Å². The minimum Gasteiger partial charge on any atom is -0.493 e. The van der Waals surface area contributed by atoms with Crippen molar-refractivity contribution in [3.63, 3.8) is 0 Å². The number of halogens is 3. The lowest BCUT2D eigenvalue weighted by atomic mass is 10.0. The number of nitrogens with zero attached hydrogens (tertiary/aromatic N) is 3. The number of fused-ring (bicyclic) bond motifs is 3. The molecule has 0 saturated heterocycles. The van der Waals surface area contributed by atoms with Crippen molar-refractivity contribution in [2.24, 2.45) is 0 Å². The van der Waals surface area contributed by atoms with Gasteiger partial charge in [0.25, 0.3) is 0 Å². The lowest BCUT2D eigenvalue weighted by Gasteiger charge is -2.08. The summed E-state index contributed by atoms with van der Waals surface area (Å²) in [6.07, 6.45) is 2.14. The van der Waals surface area contributed by atoms with E-state index in [4.69, 9.17) is 4.74 Å². The fourth-order valence-corrected chi connectivity index (χ4v) is 4.78. The van der Waals surface area contributed by atoms with Crippen molar-refractivity contribution in [2.75, 3.05) is 6.61 Å². The van der Waals surface area contributed by atoms with Crippen LogP contribution >= 0.6 is 27.3 Å². The first kappa shape index (κ1) is 17.5. The van der Waals surface area contributed by atoms with Gasteiger partial charge in [-0.15, -0.1) is 11.3 Å². The Morgan fingerprint density at radius 3 is 2.82 bits per heavy atom. The molecule has 140 valence electrons. The van der Waals surface area contributed by atoms with Crippen LogP contribution < -0.4 is 4.74 Å². The summed E-state index contributed by atoms with van der Waals surface area (Å²) in [6, 6.07) is 11.4. The third-order valence-corrected chi connectivity index (χ3v) is 6.22. The SMILES string of the molecule is Fc1ccc(-n2ncnc2-c2cc3c(s2)CCOc2ccc(Br)cc2-3)c(F)c1. The van der Waals surface area contributed by atoms with E-state index in [1.165, 1.54) is 28.0 Å². The first-order valence-electron chi connectivity index (χ1n) is 8.51. The zero-order valence-electron chi connectivity index (χ0n) is 14.3. The van der Waals surface area contributed by atoms with E-state index >= 15 is 0 Å². The van der Waals surface area contributed by atoms with Gasteiger partial charge in [0.1, 0.15) is 23.6 Å². The minimum atomic E-state index is -0.687. The Morgan fingerprint density at radius 2 is 1.96 bits per heavy atom. The normalized spacial score (nSPS) is 12.8. The van der Waals surface area contributed by atoms with Gasteiger partial charge in [-0.25, -0.2) is 18.4 Å². The Kier molecular flexibility index (Phi) is 4.25. The summed E-state index contributed by atoms with van der Waals surface area (Å²) in [7, 11) is 0. The van der Waals surface area contributed by atoms with Crippen LogP contribution in [-0.4, -0.2) is 21.4 Å². The van der Waals surface area contributed by atoms with Crippen molar-refractivity contribution in [3.05, 3.63) is 69.8 Å². The second-order valence-electron chi connectivity index (χ2n) is 6.28. The summed E-state index contributed by atoms with van der Waals surface area (Å²) in [6.45, 7) is 0.584. The van der Waals surface area contributed by atoms with Gasteiger partial charge in [-0.05, 0) is 36.4 Å². The van der Waals surface area contributed by atoms with Gasteiger partial charge in [-0.3, -0.25) is 0 Å². The van der Waals surface area contributed by atoms with E-state index in [0.29, 0.717) is 12.4 Å². The van der Waals surface area contributed by atoms with Gasteiger partial charge >= 0.3 is 0 Å². The lowest BCUT2D eigenvalue weighted by molar-refractivity contribution is 0.327. The van der Waals surface area contributed by atoms with Gasteiger partial charge in [-0.2, -0.15) is 5.10 Å².